The zero-order valence-electron chi connectivity index (χ0n) is 11.0. The molecule has 2 aromatic rings. The van der Waals surface area contributed by atoms with E-state index in [0.717, 1.165) is 11.1 Å². The first-order valence-electron chi connectivity index (χ1n) is 6.23. The molecule has 0 amide bonds. The van der Waals surface area contributed by atoms with Crippen molar-refractivity contribution in [2.45, 2.75) is 25.7 Å². The van der Waals surface area contributed by atoms with Crippen LogP contribution in [0.2, 0.25) is 0 Å². The summed E-state index contributed by atoms with van der Waals surface area (Å²) in [6.07, 6.45) is -1.13. The van der Waals surface area contributed by atoms with E-state index < -0.39 is 12.2 Å². The van der Waals surface area contributed by atoms with E-state index in [-0.39, 0.29) is 12.1 Å². The third-order valence-electron chi connectivity index (χ3n) is 3.10. The summed E-state index contributed by atoms with van der Waals surface area (Å²) in [4.78, 5) is 3.94. The molecule has 5 heteroatoms. The van der Waals surface area contributed by atoms with E-state index >= 15 is 0 Å². The lowest BCUT2D eigenvalue weighted by molar-refractivity contribution is -0.158. The van der Waals surface area contributed by atoms with Gasteiger partial charge >= 0.3 is 6.18 Å². The molecule has 20 heavy (non-hydrogen) atoms. The van der Waals surface area contributed by atoms with Crippen molar-refractivity contribution in [3.8, 4) is 0 Å². The maximum absolute atomic E-state index is 13.1. The SMILES string of the molecule is Cc1ccncc1CNC(c1ccccc1)C(F)(F)F. The zero-order valence-corrected chi connectivity index (χ0v) is 11.0. The summed E-state index contributed by atoms with van der Waals surface area (Å²) in [5.74, 6) is 0. The van der Waals surface area contributed by atoms with Gasteiger partial charge in [-0.2, -0.15) is 13.2 Å². The molecule has 1 unspecified atom stereocenters. The summed E-state index contributed by atoms with van der Waals surface area (Å²) in [5.41, 5.74) is 1.89. The van der Waals surface area contributed by atoms with Gasteiger partial charge in [0.25, 0.3) is 0 Å². The van der Waals surface area contributed by atoms with Crippen molar-refractivity contribution in [2.24, 2.45) is 0 Å². The minimum Gasteiger partial charge on any atom is -0.298 e. The van der Waals surface area contributed by atoms with Gasteiger partial charge in [0.15, 0.2) is 0 Å². The van der Waals surface area contributed by atoms with Gasteiger partial charge in [-0.05, 0) is 29.7 Å². The number of alkyl halides is 3. The summed E-state index contributed by atoms with van der Waals surface area (Å²) in [5, 5.41) is 2.57. The second kappa shape index (κ2) is 6.05. The summed E-state index contributed by atoms with van der Waals surface area (Å²) >= 11 is 0. The van der Waals surface area contributed by atoms with Crippen LogP contribution in [0.25, 0.3) is 0 Å². The molecule has 0 radical (unpaired) electrons. The Morgan fingerprint density at radius 2 is 1.85 bits per heavy atom. The molecule has 0 saturated carbocycles. The van der Waals surface area contributed by atoms with Crippen LogP contribution in [0.4, 0.5) is 13.2 Å². The van der Waals surface area contributed by atoms with Crippen molar-refractivity contribution in [1.82, 2.24) is 10.3 Å². The standard InChI is InChI=1S/C15H15F3N2/c1-11-7-8-19-9-13(11)10-20-14(15(16,17)18)12-5-3-2-4-6-12/h2-9,14,20H,10H2,1H3. The number of pyridine rings is 1. The van der Waals surface area contributed by atoms with Crippen molar-refractivity contribution in [1.29, 1.82) is 0 Å². The number of hydrogen-bond acceptors (Lipinski definition) is 2. The zero-order chi connectivity index (χ0) is 14.6. The lowest BCUT2D eigenvalue weighted by Crippen LogP contribution is -2.34. The number of rotatable bonds is 4. The second-order valence-electron chi connectivity index (χ2n) is 4.57. The highest BCUT2D eigenvalue weighted by Gasteiger charge is 2.40. The molecule has 1 N–H and O–H groups in total. The van der Waals surface area contributed by atoms with E-state index in [4.69, 9.17) is 0 Å². The fourth-order valence-electron chi connectivity index (χ4n) is 1.96. The number of halogens is 3. The highest BCUT2D eigenvalue weighted by Crippen LogP contribution is 2.32. The van der Waals surface area contributed by atoms with Crippen LogP contribution < -0.4 is 5.32 Å². The molecule has 0 aliphatic heterocycles. The highest BCUT2D eigenvalue weighted by atomic mass is 19.4. The lowest BCUT2D eigenvalue weighted by Gasteiger charge is -2.22. The molecular weight excluding hydrogens is 265 g/mol. The van der Waals surface area contributed by atoms with Crippen molar-refractivity contribution in [2.75, 3.05) is 0 Å². The smallest absolute Gasteiger partial charge is 0.298 e. The van der Waals surface area contributed by atoms with Crippen LogP contribution in [0.1, 0.15) is 22.7 Å². The van der Waals surface area contributed by atoms with Gasteiger partial charge in [0.2, 0.25) is 0 Å². The first-order chi connectivity index (χ1) is 9.48. The molecule has 0 aliphatic carbocycles. The lowest BCUT2D eigenvalue weighted by atomic mass is 10.1. The number of nitrogens with zero attached hydrogens (tertiary/aromatic N) is 1. The third-order valence-corrected chi connectivity index (χ3v) is 3.10. The van der Waals surface area contributed by atoms with Gasteiger partial charge in [0, 0.05) is 18.9 Å². The first kappa shape index (κ1) is 14.5. The minimum absolute atomic E-state index is 0.124. The Morgan fingerprint density at radius 1 is 1.15 bits per heavy atom. The third kappa shape index (κ3) is 3.57. The Bertz CT molecular complexity index is 553. The number of hydrogen-bond donors (Lipinski definition) is 1. The van der Waals surface area contributed by atoms with Gasteiger partial charge in [0.05, 0.1) is 0 Å². The van der Waals surface area contributed by atoms with E-state index in [0.29, 0.717) is 0 Å². The molecule has 0 saturated heterocycles. The Balaban J connectivity index is 2.16. The predicted octanol–water partition coefficient (Wildman–Crippen LogP) is 3.78. The van der Waals surface area contributed by atoms with Crippen molar-refractivity contribution < 1.29 is 13.2 Å². The van der Waals surface area contributed by atoms with E-state index in [1.807, 2.05) is 6.92 Å². The van der Waals surface area contributed by atoms with E-state index in [9.17, 15) is 13.2 Å². The average molecular weight is 280 g/mol. The van der Waals surface area contributed by atoms with Gasteiger partial charge in [-0.1, -0.05) is 30.3 Å². The van der Waals surface area contributed by atoms with Gasteiger partial charge < -0.3 is 0 Å². The molecular formula is C15H15F3N2. The summed E-state index contributed by atoms with van der Waals surface area (Å²) < 4.78 is 39.4. The maximum atomic E-state index is 13.1. The van der Waals surface area contributed by atoms with E-state index in [2.05, 4.69) is 10.3 Å². The molecule has 0 aliphatic rings. The molecule has 0 bridgehead atoms. The number of aromatic nitrogens is 1. The first-order valence-corrected chi connectivity index (χ1v) is 6.23. The van der Waals surface area contributed by atoms with Crippen molar-refractivity contribution in [3.05, 3.63) is 65.5 Å². The van der Waals surface area contributed by atoms with Gasteiger partial charge in [-0.3, -0.25) is 10.3 Å². The summed E-state index contributed by atoms with van der Waals surface area (Å²) in [6.45, 7) is 1.97. The molecule has 2 nitrogen and oxygen atoms in total. The second-order valence-corrected chi connectivity index (χ2v) is 4.57. The Hall–Kier alpha value is -1.88. The van der Waals surface area contributed by atoms with E-state index in [1.165, 1.54) is 12.1 Å². The monoisotopic (exact) mass is 280 g/mol. The average Bonchev–Trinajstić information content (AvgIpc) is 2.41. The topological polar surface area (TPSA) is 24.9 Å². The van der Waals surface area contributed by atoms with Gasteiger partial charge in [0.1, 0.15) is 6.04 Å². The largest absolute Gasteiger partial charge is 0.407 e. The Morgan fingerprint density at radius 3 is 2.45 bits per heavy atom. The molecule has 1 aromatic heterocycles. The van der Waals surface area contributed by atoms with Gasteiger partial charge in [-0.15, -0.1) is 0 Å². The van der Waals surface area contributed by atoms with Crippen LogP contribution in [-0.2, 0) is 6.54 Å². The number of nitrogens with one attached hydrogen (secondary N) is 1. The Labute approximate surface area is 115 Å². The number of benzene rings is 1. The van der Waals surface area contributed by atoms with Gasteiger partial charge in [-0.25, -0.2) is 0 Å². The fraction of sp³-hybridized carbons (Fsp3) is 0.267. The van der Waals surface area contributed by atoms with Crippen LogP contribution >= 0.6 is 0 Å². The van der Waals surface area contributed by atoms with Crippen LogP contribution in [0.3, 0.4) is 0 Å². The highest BCUT2D eigenvalue weighted by molar-refractivity contribution is 5.23. The fourth-order valence-corrected chi connectivity index (χ4v) is 1.96. The molecule has 1 heterocycles. The van der Waals surface area contributed by atoms with Crippen LogP contribution in [0.15, 0.2) is 48.8 Å². The number of aryl methyl sites for hydroxylation is 1. The maximum Gasteiger partial charge on any atom is 0.407 e. The summed E-state index contributed by atoms with van der Waals surface area (Å²) in [6, 6.07) is 7.95. The molecule has 0 spiro atoms. The Kier molecular flexibility index (Phi) is 4.39. The molecule has 1 aromatic carbocycles. The molecule has 0 fully saturated rings. The van der Waals surface area contributed by atoms with E-state index in [1.54, 1.807) is 36.7 Å². The van der Waals surface area contributed by atoms with Crippen molar-refractivity contribution in [3.63, 3.8) is 0 Å². The molecule has 2 rings (SSSR count). The molecule has 1 atom stereocenters. The van der Waals surface area contributed by atoms with Crippen molar-refractivity contribution >= 4 is 0 Å². The normalized spacial score (nSPS) is 13.2. The minimum atomic E-state index is -4.34. The predicted molar refractivity (Wildman–Crippen MR) is 71.1 cm³/mol. The quantitative estimate of drug-likeness (QED) is 0.921. The van der Waals surface area contributed by atoms with Crippen LogP contribution in [0, 0.1) is 6.92 Å². The summed E-state index contributed by atoms with van der Waals surface area (Å²) in [7, 11) is 0. The van der Waals surface area contributed by atoms with Crippen LogP contribution in [-0.4, -0.2) is 11.2 Å². The van der Waals surface area contributed by atoms with Crippen LogP contribution in [0.5, 0.6) is 0 Å². The molecule has 106 valence electrons.